The maximum Gasteiger partial charge on any atom is 0.329 e. The van der Waals surface area contributed by atoms with Gasteiger partial charge in [-0.3, -0.25) is 4.79 Å². The Morgan fingerprint density at radius 1 is 1.15 bits per heavy atom. The van der Waals surface area contributed by atoms with Gasteiger partial charge in [0.25, 0.3) is 0 Å². The van der Waals surface area contributed by atoms with Crippen LogP contribution in [0.15, 0.2) is 0 Å². The van der Waals surface area contributed by atoms with Crippen molar-refractivity contribution in [3.8, 4) is 0 Å². The summed E-state index contributed by atoms with van der Waals surface area (Å²) in [5, 5.41) is 22.5. The quantitative estimate of drug-likeness (QED) is 0.638. The van der Waals surface area contributed by atoms with Crippen molar-refractivity contribution in [2.45, 2.75) is 82.8 Å². The number of carboxylic acid groups (broad SMARTS) is 1. The standard InChI is InChI=1S/C15H27NO4/c1-3-7-14(20,8-4-2)11-12(17)16-15(13(18)19)9-5-6-10-15/h20H,3-11H2,1-2H3,(H,16,17)(H,18,19). The zero-order valence-corrected chi connectivity index (χ0v) is 12.6. The zero-order valence-electron chi connectivity index (χ0n) is 12.6. The van der Waals surface area contributed by atoms with Gasteiger partial charge >= 0.3 is 5.97 Å². The molecule has 1 rings (SSSR count). The fourth-order valence-corrected chi connectivity index (χ4v) is 3.21. The molecular formula is C15H27NO4. The Bertz CT molecular complexity index is 342. The minimum Gasteiger partial charge on any atom is -0.480 e. The Labute approximate surface area is 120 Å². The second-order valence-corrected chi connectivity index (χ2v) is 6.04. The summed E-state index contributed by atoms with van der Waals surface area (Å²) < 4.78 is 0. The second kappa shape index (κ2) is 7.07. The first kappa shape index (κ1) is 17.0. The molecule has 0 aromatic carbocycles. The van der Waals surface area contributed by atoms with E-state index in [-0.39, 0.29) is 12.3 Å². The van der Waals surface area contributed by atoms with Crippen molar-refractivity contribution in [1.29, 1.82) is 0 Å². The van der Waals surface area contributed by atoms with Gasteiger partial charge < -0.3 is 15.5 Å². The van der Waals surface area contributed by atoms with E-state index < -0.39 is 17.1 Å². The molecule has 0 bridgehead atoms. The van der Waals surface area contributed by atoms with Gasteiger partial charge in [-0.25, -0.2) is 4.79 Å². The molecular weight excluding hydrogens is 258 g/mol. The van der Waals surface area contributed by atoms with Gasteiger partial charge in [-0.15, -0.1) is 0 Å². The molecule has 0 aromatic rings. The van der Waals surface area contributed by atoms with Gasteiger partial charge in [-0.1, -0.05) is 39.5 Å². The minimum atomic E-state index is -1.11. The molecule has 1 aliphatic carbocycles. The van der Waals surface area contributed by atoms with Gasteiger partial charge in [0.15, 0.2) is 0 Å². The SMILES string of the molecule is CCCC(O)(CCC)CC(=O)NC1(C(=O)O)CCCC1. The van der Waals surface area contributed by atoms with Crippen LogP contribution in [-0.2, 0) is 9.59 Å². The highest BCUT2D eigenvalue weighted by molar-refractivity contribution is 5.87. The highest BCUT2D eigenvalue weighted by Crippen LogP contribution is 2.31. The second-order valence-electron chi connectivity index (χ2n) is 6.04. The maximum absolute atomic E-state index is 12.1. The van der Waals surface area contributed by atoms with Gasteiger partial charge in [0, 0.05) is 0 Å². The first-order valence-corrected chi connectivity index (χ1v) is 7.64. The monoisotopic (exact) mass is 285 g/mol. The lowest BCUT2D eigenvalue weighted by atomic mass is 9.88. The lowest BCUT2D eigenvalue weighted by molar-refractivity contribution is -0.148. The smallest absolute Gasteiger partial charge is 0.329 e. The molecule has 0 unspecified atom stereocenters. The Morgan fingerprint density at radius 3 is 2.05 bits per heavy atom. The number of hydrogen-bond acceptors (Lipinski definition) is 3. The Balaban J connectivity index is 2.67. The number of aliphatic carboxylic acids is 1. The first-order chi connectivity index (χ1) is 9.37. The minimum absolute atomic E-state index is 0.0102. The molecule has 0 aromatic heterocycles. The third-order valence-corrected chi connectivity index (χ3v) is 4.17. The Morgan fingerprint density at radius 2 is 1.65 bits per heavy atom. The summed E-state index contributed by atoms with van der Waals surface area (Å²) in [6, 6.07) is 0. The highest BCUT2D eigenvalue weighted by atomic mass is 16.4. The predicted octanol–water partition coefficient (Wildman–Crippen LogP) is 2.22. The molecule has 1 saturated carbocycles. The summed E-state index contributed by atoms with van der Waals surface area (Å²) in [7, 11) is 0. The van der Waals surface area contributed by atoms with E-state index in [9.17, 15) is 19.8 Å². The van der Waals surface area contributed by atoms with Crippen LogP contribution < -0.4 is 5.32 Å². The maximum atomic E-state index is 12.1. The average molecular weight is 285 g/mol. The van der Waals surface area contributed by atoms with E-state index in [1.165, 1.54) is 0 Å². The van der Waals surface area contributed by atoms with Crippen molar-refractivity contribution in [3.63, 3.8) is 0 Å². The number of carboxylic acids is 1. The zero-order chi connectivity index (χ0) is 15.2. The third-order valence-electron chi connectivity index (χ3n) is 4.17. The van der Waals surface area contributed by atoms with Gasteiger partial charge in [-0.05, 0) is 25.7 Å². The molecule has 0 radical (unpaired) electrons. The summed E-state index contributed by atoms with van der Waals surface area (Å²) in [5.74, 6) is -1.31. The molecule has 3 N–H and O–H groups in total. The van der Waals surface area contributed by atoms with E-state index in [1.807, 2.05) is 13.8 Å². The number of carbonyl (C=O) groups excluding carboxylic acids is 1. The van der Waals surface area contributed by atoms with E-state index in [4.69, 9.17) is 0 Å². The van der Waals surface area contributed by atoms with Crippen LogP contribution in [0.25, 0.3) is 0 Å². The van der Waals surface area contributed by atoms with Crippen molar-refractivity contribution in [1.82, 2.24) is 5.32 Å². The van der Waals surface area contributed by atoms with Gasteiger partial charge in [-0.2, -0.15) is 0 Å². The fraction of sp³-hybridized carbons (Fsp3) is 0.867. The molecule has 0 heterocycles. The number of carbonyl (C=O) groups is 2. The molecule has 1 fully saturated rings. The lowest BCUT2D eigenvalue weighted by Crippen LogP contribution is -2.54. The number of nitrogens with one attached hydrogen (secondary N) is 1. The van der Waals surface area contributed by atoms with Crippen molar-refractivity contribution >= 4 is 11.9 Å². The number of aliphatic hydroxyl groups is 1. The summed E-state index contributed by atoms with van der Waals surface area (Å²) in [4.78, 5) is 23.5. The highest BCUT2D eigenvalue weighted by Gasteiger charge is 2.43. The van der Waals surface area contributed by atoms with E-state index in [1.54, 1.807) is 0 Å². The van der Waals surface area contributed by atoms with Crippen LogP contribution in [0, 0.1) is 0 Å². The van der Waals surface area contributed by atoms with Crippen molar-refractivity contribution in [2.24, 2.45) is 0 Å². The van der Waals surface area contributed by atoms with Crippen molar-refractivity contribution in [2.75, 3.05) is 0 Å². The van der Waals surface area contributed by atoms with E-state index >= 15 is 0 Å². The summed E-state index contributed by atoms with van der Waals surface area (Å²) in [6.45, 7) is 3.93. The Kier molecular flexibility index (Phi) is 5.99. The molecule has 0 atom stereocenters. The van der Waals surface area contributed by atoms with Crippen LogP contribution in [-0.4, -0.2) is 33.2 Å². The van der Waals surface area contributed by atoms with Crippen molar-refractivity contribution in [3.05, 3.63) is 0 Å². The average Bonchev–Trinajstić information content (AvgIpc) is 2.78. The fourth-order valence-electron chi connectivity index (χ4n) is 3.21. The van der Waals surface area contributed by atoms with E-state index in [0.717, 1.165) is 25.7 Å². The molecule has 0 spiro atoms. The molecule has 20 heavy (non-hydrogen) atoms. The van der Waals surface area contributed by atoms with Gasteiger partial charge in [0.1, 0.15) is 5.54 Å². The molecule has 1 amide bonds. The third kappa shape index (κ3) is 4.20. The molecule has 5 heteroatoms. The molecule has 5 nitrogen and oxygen atoms in total. The molecule has 0 saturated heterocycles. The van der Waals surface area contributed by atoms with E-state index in [0.29, 0.717) is 25.7 Å². The summed E-state index contributed by atoms with van der Waals surface area (Å²) >= 11 is 0. The van der Waals surface area contributed by atoms with Gasteiger partial charge in [0.05, 0.1) is 12.0 Å². The topological polar surface area (TPSA) is 86.6 Å². The summed E-state index contributed by atoms with van der Waals surface area (Å²) in [6.07, 6.45) is 5.32. The predicted molar refractivity (Wildman–Crippen MR) is 76.4 cm³/mol. The summed E-state index contributed by atoms with van der Waals surface area (Å²) in [5.41, 5.74) is -2.12. The van der Waals surface area contributed by atoms with Crippen molar-refractivity contribution < 1.29 is 19.8 Å². The van der Waals surface area contributed by atoms with Crippen LogP contribution in [0.5, 0.6) is 0 Å². The lowest BCUT2D eigenvalue weighted by Gasteiger charge is -2.30. The molecule has 0 aliphatic heterocycles. The van der Waals surface area contributed by atoms with Gasteiger partial charge in [0.2, 0.25) is 5.91 Å². The van der Waals surface area contributed by atoms with Crippen LogP contribution in [0.4, 0.5) is 0 Å². The number of hydrogen-bond donors (Lipinski definition) is 3. The molecule has 1 aliphatic rings. The molecule has 116 valence electrons. The van der Waals surface area contributed by atoms with Crippen LogP contribution in [0.3, 0.4) is 0 Å². The number of rotatable bonds is 8. The van der Waals surface area contributed by atoms with Crippen LogP contribution >= 0.6 is 0 Å². The normalized spacial score (nSPS) is 17.9. The first-order valence-electron chi connectivity index (χ1n) is 7.64. The Hall–Kier alpha value is -1.10. The van der Waals surface area contributed by atoms with E-state index in [2.05, 4.69) is 5.32 Å². The van der Waals surface area contributed by atoms with Crippen LogP contribution in [0.2, 0.25) is 0 Å². The number of amides is 1. The van der Waals surface area contributed by atoms with Crippen LogP contribution in [0.1, 0.15) is 71.6 Å². The largest absolute Gasteiger partial charge is 0.480 e.